The predicted molar refractivity (Wildman–Crippen MR) is 152 cm³/mol. The Morgan fingerprint density at radius 1 is 0.800 bits per heavy atom. The van der Waals surface area contributed by atoms with Crippen molar-refractivity contribution in [3.63, 3.8) is 0 Å². The molecule has 220 valence electrons. The number of pyridine rings is 1. The number of hydrogen-bond acceptors (Lipinski definition) is 9. The second-order valence-electron chi connectivity index (χ2n) is 13.9. The normalized spacial score (nSPS) is 17.1. The van der Waals surface area contributed by atoms with Gasteiger partial charge in [-0.25, -0.2) is 23.9 Å². The highest BCUT2D eigenvalue weighted by molar-refractivity contribution is 6.62. The van der Waals surface area contributed by atoms with Crippen molar-refractivity contribution in [1.29, 1.82) is 0 Å². The quantitative estimate of drug-likeness (QED) is 0.332. The maximum atomic E-state index is 13.4. The maximum absolute atomic E-state index is 13.4. The van der Waals surface area contributed by atoms with Gasteiger partial charge in [-0.15, -0.1) is 0 Å². The third kappa shape index (κ3) is 6.96. The number of hydrogen-bond donors (Lipinski definition) is 0. The lowest BCUT2D eigenvalue weighted by molar-refractivity contribution is 0.00578. The first-order valence-corrected chi connectivity index (χ1v) is 13.3. The van der Waals surface area contributed by atoms with Crippen molar-refractivity contribution >= 4 is 47.7 Å². The Labute approximate surface area is 236 Å². The van der Waals surface area contributed by atoms with Crippen molar-refractivity contribution in [2.24, 2.45) is 0 Å². The molecule has 0 unspecified atom stereocenters. The zero-order chi connectivity index (χ0) is 30.6. The summed E-state index contributed by atoms with van der Waals surface area (Å²) in [5.41, 5.74) is -3.20. The molecule has 2 amide bonds. The minimum absolute atomic E-state index is 0.0952. The molecule has 0 spiro atoms. The first kappa shape index (κ1) is 31.4. The monoisotopic (exact) mass is 559 g/mol. The molecular formula is C28H42BN3O8. The Balaban J connectivity index is 2.18. The zero-order valence-corrected chi connectivity index (χ0v) is 25.9. The predicted octanol–water partition coefficient (Wildman–Crippen LogP) is 5.80. The highest BCUT2D eigenvalue weighted by Crippen LogP contribution is 2.37. The zero-order valence-electron chi connectivity index (χ0n) is 25.9. The highest BCUT2D eigenvalue weighted by Gasteiger charge is 2.53. The van der Waals surface area contributed by atoms with Crippen LogP contribution in [0.2, 0.25) is 0 Å². The number of imide groups is 1. The van der Waals surface area contributed by atoms with Crippen LogP contribution < -0.4 is 10.5 Å². The molecule has 1 fully saturated rings. The van der Waals surface area contributed by atoms with E-state index in [1.165, 1.54) is 10.8 Å². The van der Waals surface area contributed by atoms with E-state index in [-0.39, 0.29) is 11.3 Å². The lowest BCUT2D eigenvalue weighted by atomic mass is 9.84. The summed E-state index contributed by atoms with van der Waals surface area (Å²) in [6.07, 6.45) is -1.24. The number of nitrogens with zero attached hydrogens (tertiary/aromatic N) is 3. The minimum Gasteiger partial charge on any atom is -0.443 e. The molecular weight excluding hydrogens is 517 g/mol. The van der Waals surface area contributed by atoms with Crippen molar-refractivity contribution in [3.05, 3.63) is 18.3 Å². The van der Waals surface area contributed by atoms with Gasteiger partial charge in [0.1, 0.15) is 22.5 Å². The summed E-state index contributed by atoms with van der Waals surface area (Å²) in [7, 11) is -0.914. The molecule has 11 nitrogen and oxygen atoms in total. The fraction of sp³-hybridized carbons (Fsp3) is 0.643. The van der Waals surface area contributed by atoms with E-state index in [0.717, 1.165) is 4.90 Å². The number of rotatable bonds is 2. The van der Waals surface area contributed by atoms with Gasteiger partial charge in [-0.05, 0) is 102 Å². The van der Waals surface area contributed by atoms with E-state index in [1.54, 1.807) is 74.4 Å². The average Bonchev–Trinajstić information content (AvgIpc) is 3.17. The van der Waals surface area contributed by atoms with Crippen LogP contribution in [0.1, 0.15) is 90.0 Å². The first-order chi connectivity index (χ1) is 17.9. The molecule has 40 heavy (non-hydrogen) atoms. The number of amides is 2. The first-order valence-electron chi connectivity index (χ1n) is 13.3. The number of carbonyl (C=O) groups excluding carboxylic acids is 3. The van der Waals surface area contributed by atoms with Gasteiger partial charge in [0.05, 0.1) is 28.7 Å². The molecule has 0 saturated carbocycles. The Bertz CT molecular complexity index is 1270. The second-order valence-corrected chi connectivity index (χ2v) is 13.9. The van der Waals surface area contributed by atoms with Crippen molar-refractivity contribution in [1.82, 2.24) is 9.55 Å². The lowest BCUT2D eigenvalue weighted by Gasteiger charge is -2.32. The van der Waals surface area contributed by atoms with Gasteiger partial charge in [-0.3, -0.25) is 0 Å². The molecule has 0 N–H and O–H groups in total. The molecule has 3 rings (SSSR count). The third-order valence-corrected chi connectivity index (χ3v) is 6.14. The van der Waals surface area contributed by atoms with Gasteiger partial charge < -0.3 is 23.5 Å². The van der Waals surface area contributed by atoms with Crippen LogP contribution in [0.3, 0.4) is 0 Å². The summed E-state index contributed by atoms with van der Waals surface area (Å²) in [6.45, 7) is 23.1. The lowest BCUT2D eigenvalue weighted by Crippen LogP contribution is -2.44. The van der Waals surface area contributed by atoms with Gasteiger partial charge in [0.15, 0.2) is 0 Å². The van der Waals surface area contributed by atoms with Crippen LogP contribution in [0.5, 0.6) is 0 Å². The summed E-state index contributed by atoms with van der Waals surface area (Å²) in [4.78, 5) is 45.0. The fourth-order valence-electron chi connectivity index (χ4n) is 3.76. The highest BCUT2D eigenvalue weighted by atomic mass is 16.7. The van der Waals surface area contributed by atoms with E-state index in [1.807, 2.05) is 27.7 Å². The van der Waals surface area contributed by atoms with Crippen LogP contribution in [-0.2, 0) is 23.5 Å². The van der Waals surface area contributed by atoms with Gasteiger partial charge in [0.2, 0.25) is 0 Å². The second kappa shape index (κ2) is 10.1. The molecule has 1 aliphatic heterocycles. The van der Waals surface area contributed by atoms with E-state index in [2.05, 4.69) is 4.98 Å². The van der Waals surface area contributed by atoms with Crippen LogP contribution in [0.25, 0.3) is 11.0 Å². The van der Waals surface area contributed by atoms with Crippen molar-refractivity contribution in [3.8, 4) is 0 Å². The minimum atomic E-state index is -0.930. The Hall–Kier alpha value is -3.12. The van der Waals surface area contributed by atoms with Crippen molar-refractivity contribution in [2.45, 2.75) is 118 Å². The standard InChI is InChI=1S/C28H42BN3O8/c1-24(2,3)36-21(33)31(22(34)37-25(4,5)6)18-14-17-15-19(29-39-27(10,11)28(12,13)40-29)32(20(17)30-16-18)23(35)38-26(7,8)9/h14-16H,1-13H3. The smallest absolute Gasteiger partial charge is 0.443 e. The van der Waals surface area contributed by atoms with Crippen LogP contribution in [0.4, 0.5) is 20.1 Å². The average molecular weight is 559 g/mol. The number of ether oxygens (including phenoxy) is 3. The molecule has 0 aromatic carbocycles. The number of aromatic nitrogens is 2. The van der Waals surface area contributed by atoms with Gasteiger partial charge in [0.25, 0.3) is 0 Å². The topological polar surface area (TPSA) is 118 Å². The molecule has 0 bridgehead atoms. The fourth-order valence-corrected chi connectivity index (χ4v) is 3.76. The molecule has 12 heteroatoms. The molecule has 0 radical (unpaired) electrons. The number of fused-ring (bicyclic) bond motifs is 1. The van der Waals surface area contributed by atoms with Crippen LogP contribution in [-0.4, -0.2) is 63.0 Å². The van der Waals surface area contributed by atoms with E-state index in [4.69, 9.17) is 23.5 Å². The van der Waals surface area contributed by atoms with E-state index in [0.29, 0.717) is 11.0 Å². The molecule has 2 aromatic rings. The molecule has 1 aliphatic rings. The molecule has 3 heterocycles. The van der Waals surface area contributed by atoms with Crippen molar-refractivity contribution < 1.29 is 37.9 Å². The van der Waals surface area contributed by atoms with Crippen molar-refractivity contribution in [2.75, 3.05) is 4.90 Å². The maximum Gasteiger partial charge on any atom is 0.513 e. The summed E-state index contributed by atoms with van der Waals surface area (Å²) < 4.78 is 30.4. The number of anilines is 1. The number of carbonyl (C=O) groups is 3. The van der Waals surface area contributed by atoms with Gasteiger partial charge in [-0.1, -0.05) is 0 Å². The van der Waals surface area contributed by atoms with E-state index in [9.17, 15) is 14.4 Å². The van der Waals surface area contributed by atoms with Gasteiger partial charge in [0, 0.05) is 5.39 Å². The third-order valence-electron chi connectivity index (χ3n) is 6.14. The summed E-state index contributed by atoms with van der Waals surface area (Å²) in [5.74, 6) is 0. The largest absolute Gasteiger partial charge is 0.513 e. The summed E-state index contributed by atoms with van der Waals surface area (Å²) in [6, 6.07) is 3.21. The van der Waals surface area contributed by atoms with Crippen LogP contribution in [0, 0.1) is 0 Å². The van der Waals surface area contributed by atoms with E-state index < -0.39 is 53.4 Å². The molecule has 0 aliphatic carbocycles. The molecule has 2 aromatic heterocycles. The van der Waals surface area contributed by atoms with E-state index >= 15 is 0 Å². The Morgan fingerprint density at radius 2 is 1.25 bits per heavy atom. The summed E-state index contributed by atoms with van der Waals surface area (Å²) in [5, 5.41) is 0.435. The molecule has 1 saturated heterocycles. The van der Waals surface area contributed by atoms with Gasteiger partial charge >= 0.3 is 25.4 Å². The van der Waals surface area contributed by atoms with Crippen LogP contribution >= 0.6 is 0 Å². The van der Waals surface area contributed by atoms with Gasteiger partial charge in [-0.2, -0.15) is 4.90 Å². The summed E-state index contributed by atoms with van der Waals surface area (Å²) >= 11 is 0. The SMILES string of the molecule is CC(C)(C)OC(=O)N(C(=O)OC(C)(C)C)c1cnc2c(c1)cc(B1OC(C)(C)C(C)(C)O1)n2C(=O)OC(C)(C)C. The Kier molecular flexibility index (Phi) is 7.90. The molecule has 0 atom stereocenters. The Morgan fingerprint density at radius 3 is 1.68 bits per heavy atom. The van der Waals surface area contributed by atoms with Crippen LogP contribution in [0.15, 0.2) is 18.3 Å².